The first-order valence-electron chi connectivity index (χ1n) is 4.25. The van der Waals surface area contributed by atoms with Gasteiger partial charge in [0.15, 0.2) is 0 Å². The van der Waals surface area contributed by atoms with Crippen LogP contribution in [-0.2, 0) is 11.5 Å². The molecule has 7 heteroatoms. The third-order valence-electron chi connectivity index (χ3n) is 2.07. The maximum atomic E-state index is 11.7. The predicted octanol–water partition coefficient (Wildman–Crippen LogP) is 1.12. The van der Waals surface area contributed by atoms with Gasteiger partial charge in [-0.2, -0.15) is 0 Å². The fourth-order valence-electron chi connectivity index (χ4n) is 1.34. The van der Waals surface area contributed by atoms with E-state index >= 15 is 0 Å². The number of carbonyl (C=O) groups is 1. The van der Waals surface area contributed by atoms with Crippen molar-refractivity contribution in [2.45, 2.75) is 6.61 Å². The average molecular weight is 243 g/mol. The van der Waals surface area contributed by atoms with E-state index < -0.39 is 17.0 Å². The smallest absolute Gasteiger partial charge is 0.384 e. The van der Waals surface area contributed by atoms with Gasteiger partial charge in [0.05, 0.1) is 12.0 Å². The summed E-state index contributed by atoms with van der Waals surface area (Å²) in [4.78, 5) is 29.3. The molecule has 2 heterocycles. The van der Waals surface area contributed by atoms with Crippen LogP contribution in [0.5, 0.6) is 0 Å². The molecule has 0 spiro atoms. The van der Waals surface area contributed by atoms with Gasteiger partial charge in [0.2, 0.25) is 5.43 Å². The molecule has 2 N–H and O–H groups in total. The van der Waals surface area contributed by atoms with E-state index in [1.807, 2.05) is 0 Å². The van der Waals surface area contributed by atoms with Gasteiger partial charge in [0.1, 0.15) is 10.4 Å². The van der Waals surface area contributed by atoms with E-state index in [2.05, 4.69) is 9.93 Å². The number of carbonyl (C=O) groups excluding carboxylic acids is 1. The van der Waals surface area contributed by atoms with Crippen molar-refractivity contribution >= 4 is 27.5 Å². The summed E-state index contributed by atoms with van der Waals surface area (Å²) in [5.41, 5.74) is -1.02. The molecule has 0 aliphatic rings. The number of aliphatic hydroxyl groups is 1. The van der Waals surface area contributed by atoms with Crippen LogP contribution in [0, 0.1) is 0 Å². The first-order valence-corrected chi connectivity index (χ1v) is 5.07. The fraction of sp³-hybridized carbons (Fsp3) is 0.111. The summed E-state index contributed by atoms with van der Waals surface area (Å²) in [6, 6.07) is 1.45. The number of fused-ring (bicyclic) bond motifs is 1. The molecule has 0 fully saturated rings. The van der Waals surface area contributed by atoms with E-state index in [0.717, 1.165) is 6.20 Å². The van der Waals surface area contributed by atoms with Gasteiger partial charge >= 0.3 is 5.97 Å². The number of aromatic amines is 1. The van der Waals surface area contributed by atoms with Gasteiger partial charge in [0.25, 0.3) is 0 Å². The Balaban J connectivity index is 2.69. The predicted molar refractivity (Wildman–Crippen MR) is 54.9 cm³/mol. The highest BCUT2D eigenvalue weighted by Gasteiger charge is 2.16. The zero-order chi connectivity index (χ0) is 11.7. The molecule has 2 aromatic heterocycles. The fourth-order valence-corrected chi connectivity index (χ4v) is 2.22. The molecule has 0 saturated carbocycles. The maximum absolute atomic E-state index is 11.7. The molecule has 0 unspecified atom stereocenters. The number of pyridine rings is 1. The maximum Gasteiger partial charge on any atom is 0.384 e. The van der Waals surface area contributed by atoms with Crippen LogP contribution in [-0.4, -0.2) is 16.1 Å². The van der Waals surface area contributed by atoms with Crippen molar-refractivity contribution in [1.29, 1.82) is 0 Å². The second kappa shape index (κ2) is 4.03. The Bertz CT molecular complexity index is 603. The third kappa shape index (κ3) is 1.59. The lowest BCUT2D eigenvalue weighted by Gasteiger charge is -1.94. The largest absolute Gasteiger partial charge is 0.391 e. The zero-order valence-electron chi connectivity index (χ0n) is 7.82. The van der Waals surface area contributed by atoms with Crippen LogP contribution >= 0.6 is 11.3 Å². The minimum Gasteiger partial charge on any atom is -0.391 e. The van der Waals surface area contributed by atoms with Crippen molar-refractivity contribution in [2.24, 2.45) is 0 Å². The van der Waals surface area contributed by atoms with Crippen molar-refractivity contribution in [3.05, 3.63) is 32.9 Å². The van der Waals surface area contributed by atoms with Crippen LogP contribution in [0.2, 0.25) is 0 Å². The van der Waals surface area contributed by atoms with E-state index in [-0.39, 0.29) is 12.0 Å². The van der Waals surface area contributed by atoms with Gasteiger partial charge in [0, 0.05) is 15.6 Å². The number of rotatable bonds is 2. The summed E-state index contributed by atoms with van der Waals surface area (Å²) < 4.78 is 11.7. The SMILES string of the molecule is O=C(OF)c1c[nH]c2sc(CO)cc2c1=O. The molecule has 2 aromatic rings. The lowest BCUT2D eigenvalue weighted by Crippen LogP contribution is -2.15. The summed E-state index contributed by atoms with van der Waals surface area (Å²) in [6.45, 7) is -0.199. The molecule has 0 aliphatic heterocycles. The highest BCUT2D eigenvalue weighted by molar-refractivity contribution is 7.18. The van der Waals surface area contributed by atoms with E-state index in [4.69, 9.17) is 5.11 Å². The van der Waals surface area contributed by atoms with Crippen molar-refractivity contribution < 1.29 is 19.4 Å². The summed E-state index contributed by atoms with van der Waals surface area (Å²) in [5.74, 6) is -1.33. The average Bonchev–Trinajstić information content (AvgIpc) is 2.72. The molecule has 5 nitrogen and oxygen atoms in total. The minimum absolute atomic E-state index is 0.199. The number of thiophene rings is 1. The third-order valence-corrected chi connectivity index (χ3v) is 3.12. The molecule has 0 aromatic carbocycles. The lowest BCUT2D eigenvalue weighted by molar-refractivity contribution is -0.0789. The van der Waals surface area contributed by atoms with Gasteiger partial charge in [-0.05, 0) is 6.07 Å². The molecule has 0 amide bonds. The number of aliphatic hydroxyl groups excluding tert-OH is 1. The normalized spacial score (nSPS) is 10.6. The van der Waals surface area contributed by atoms with E-state index in [0.29, 0.717) is 9.71 Å². The van der Waals surface area contributed by atoms with Gasteiger partial charge in [-0.1, -0.05) is 0 Å². The first-order chi connectivity index (χ1) is 7.67. The Hall–Kier alpha value is -1.73. The Kier molecular flexibility index (Phi) is 2.71. The van der Waals surface area contributed by atoms with Crippen molar-refractivity contribution in [1.82, 2.24) is 4.98 Å². The van der Waals surface area contributed by atoms with E-state index in [1.165, 1.54) is 17.4 Å². The molecule has 16 heavy (non-hydrogen) atoms. The summed E-state index contributed by atoms with van der Waals surface area (Å²) in [6.07, 6.45) is 1.09. The monoisotopic (exact) mass is 243 g/mol. The number of H-pyrrole nitrogens is 1. The Morgan fingerprint density at radius 3 is 3.00 bits per heavy atom. The Morgan fingerprint density at radius 1 is 1.62 bits per heavy atom. The van der Waals surface area contributed by atoms with Gasteiger partial charge < -0.3 is 10.1 Å². The van der Waals surface area contributed by atoms with Gasteiger partial charge in [-0.3, -0.25) is 4.79 Å². The van der Waals surface area contributed by atoms with Gasteiger partial charge in [-0.15, -0.1) is 11.3 Å². The van der Waals surface area contributed by atoms with Crippen LogP contribution in [0.4, 0.5) is 4.53 Å². The van der Waals surface area contributed by atoms with Crippen LogP contribution in [0.25, 0.3) is 10.2 Å². The van der Waals surface area contributed by atoms with E-state index in [9.17, 15) is 14.1 Å². The second-order valence-electron chi connectivity index (χ2n) is 3.01. The molecular weight excluding hydrogens is 237 g/mol. The van der Waals surface area contributed by atoms with Crippen LogP contribution in [0.3, 0.4) is 0 Å². The Labute approximate surface area is 92.0 Å². The summed E-state index contributed by atoms with van der Waals surface area (Å²) in [5, 5.41) is 9.13. The molecule has 0 atom stereocenters. The zero-order valence-corrected chi connectivity index (χ0v) is 8.64. The minimum atomic E-state index is -1.33. The molecule has 0 radical (unpaired) electrons. The second-order valence-corrected chi connectivity index (χ2v) is 4.15. The molecule has 0 saturated heterocycles. The van der Waals surface area contributed by atoms with Crippen LogP contribution in [0.15, 0.2) is 17.1 Å². The number of nitrogens with one attached hydrogen (secondary N) is 1. The number of aromatic nitrogens is 1. The van der Waals surface area contributed by atoms with Gasteiger partial charge in [-0.25, -0.2) is 9.74 Å². The summed E-state index contributed by atoms with van der Waals surface area (Å²) >= 11 is 1.19. The van der Waals surface area contributed by atoms with Crippen LogP contribution in [0.1, 0.15) is 15.2 Å². The topological polar surface area (TPSA) is 79.4 Å². The molecular formula is C9H6FNO4S. The Morgan fingerprint density at radius 2 is 2.38 bits per heavy atom. The lowest BCUT2D eigenvalue weighted by atomic mass is 10.2. The van der Waals surface area contributed by atoms with Crippen LogP contribution < -0.4 is 5.43 Å². The molecule has 0 bridgehead atoms. The standard InChI is InChI=1S/C9H6FNO4S/c10-15-9(14)6-2-11-8-5(7(6)13)1-4(3-12)16-8/h1-2,12H,3H2,(H,11,13). The van der Waals surface area contributed by atoms with Crippen molar-refractivity contribution in [2.75, 3.05) is 0 Å². The molecule has 0 aliphatic carbocycles. The summed E-state index contributed by atoms with van der Waals surface area (Å²) in [7, 11) is 0. The number of hydrogen-bond donors (Lipinski definition) is 2. The quantitative estimate of drug-likeness (QED) is 0.828. The number of halogens is 1. The number of hydrogen-bond acceptors (Lipinski definition) is 5. The molecule has 84 valence electrons. The highest BCUT2D eigenvalue weighted by atomic mass is 32.1. The molecule has 2 rings (SSSR count). The van der Waals surface area contributed by atoms with Crippen molar-refractivity contribution in [3.8, 4) is 0 Å². The van der Waals surface area contributed by atoms with Crippen molar-refractivity contribution in [3.63, 3.8) is 0 Å². The van der Waals surface area contributed by atoms with E-state index in [1.54, 1.807) is 0 Å². The first kappa shape index (κ1) is 10.8. The highest BCUT2D eigenvalue weighted by Crippen LogP contribution is 2.21.